The Morgan fingerprint density at radius 1 is 0.903 bits per heavy atom. The number of azide groups is 1. The van der Waals surface area contributed by atoms with E-state index in [-0.39, 0.29) is 34.2 Å². The van der Waals surface area contributed by atoms with Gasteiger partial charge in [-0.15, -0.1) is 0 Å². The van der Waals surface area contributed by atoms with Crippen molar-refractivity contribution in [2.75, 3.05) is 6.61 Å². The Morgan fingerprint density at radius 3 is 2.12 bits per heavy atom. The molecule has 1 aromatic heterocycles. The Morgan fingerprint density at radius 2 is 1.53 bits per heavy atom. The van der Waals surface area contributed by atoms with E-state index in [2.05, 4.69) is 49.6 Å². The Labute approximate surface area is 431 Å². The number of halogens is 2. The van der Waals surface area contributed by atoms with Gasteiger partial charge in [0, 0.05) is 23.1 Å². The SMILES string of the molecule is CC(C)CCC[C@@H](C)[C@H]1CC[C@H]2[C@@H]3CC[C@H]4C[C@@H](CCC=C(c5cc(Cl)c(O)c(C(=O)O)c5)c5cc(Cl)c(O)c(C(=O)O)c5)CC[C@]4(C)[C@H]3CC[C@]12C.Cc1cn([C@H]2C[C@H](N=[N+]=[N-])[C@@H](CO)O2)c(=O)[nH]c1=O. The quantitative estimate of drug-likeness (QED) is 0.0477. The number of benzene rings is 2. The number of carboxylic acids is 2. The van der Waals surface area contributed by atoms with Crippen LogP contribution in [0.25, 0.3) is 16.0 Å². The fraction of sp³-hybridized carbons (Fsp3) is 0.636. The molecule has 4 saturated carbocycles. The van der Waals surface area contributed by atoms with E-state index in [1.54, 1.807) is 6.92 Å². The van der Waals surface area contributed by atoms with Crippen LogP contribution in [0.3, 0.4) is 0 Å². The first-order valence-electron chi connectivity index (χ1n) is 26.0. The molecule has 5 aliphatic rings. The van der Waals surface area contributed by atoms with Crippen molar-refractivity contribution in [3.63, 3.8) is 0 Å². The van der Waals surface area contributed by atoms with Crippen LogP contribution in [0, 0.1) is 65.1 Å². The van der Waals surface area contributed by atoms with Crippen LogP contribution in [-0.2, 0) is 4.74 Å². The first kappa shape index (κ1) is 55.0. The first-order chi connectivity index (χ1) is 34.1. The number of rotatable bonds is 15. The van der Waals surface area contributed by atoms with Gasteiger partial charge in [-0.1, -0.05) is 88.3 Å². The number of carboxylic acid groups (broad SMARTS) is 2. The normalized spacial score (nSPS) is 29.9. The van der Waals surface area contributed by atoms with Gasteiger partial charge >= 0.3 is 17.6 Å². The average Bonchev–Trinajstić information content (AvgIpc) is 3.91. The number of hydrogen-bond acceptors (Lipinski definition) is 9. The third kappa shape index (κ3) is 11.3. The summed E-state index contributed by atoms with van der Waals surface area (Å²) in [6.07, 6.45) is 20.1. The number of fused-ring (bicyclic) bond motifs is 5. The van der Waals surface area contributed by atoms with E-state index in [1.807, 2.05) is 6.08 Å². The van der Waals surface area contributed by atoms with Crippen molar-refractivity contribution in [2.24, 2.45) is 63.3 Å². The minimum atomic E-state index is -1.33. The molecule has 2 heterocycles. The molecule has 6 N–H and O–H groups in total. The van der Waals surface area contributed by atoms with Crippen LogP contribution in [-0.4, -0.2) is 65.8 Å². The topological polar surface area (TPSA) is 248 Å². The fourth-order valence-corrected chi connectivity index (χ4v) is 14.8. The smallest absolute Gasteiger partial charge is 0.339 e. The summed E-state index contributed by atoms with van der Waals surface area (Å²) >= 11 is 12.6. The van der Waals surface area contributed by atoms with Crippen LogP contribution in [0.15, 0.2) is 51.2 Å². The molecule has 5 fully saturated rings. The van der Waals surface area contributed by atoms with Gasteiger partial charge in [0.25, 0.3) is 5.56 Å². The molecule has 0 unspecified atom stereocenters. The van der Waals surface area contributed by atoms with Crippen LogP contribution < -0.4 is 11.2 Å². The summed E-state index contributed by atoms with van der Waals surface area (Å²) in [7, 11) is 0. The number of hydrogen-bond donors (Lipinski definition) is 6. The second-order valence-corrected chi connectivity index (χ2v) is 23.5. The van der Waals surface area contributed by atoms with Crippen LogP contribution in [0.2, 0.25) is 10.0 Å². The van der Waals surface area contributed by atoms with E-state index in [1.165, 1.54) is 112 Å². The maximum Gasteiger partial charge on any atom is 0.339 e. The summed E-state index contributed by atoms with van der Waals surface area (Å²) in [5, 5.41) is 52.6. The Balaban J connectivity index is 0.000000334. The highest BCUT2D eigenvalue weighted by Gasteiger charge is 2.60. The number of carbonyl (C=O) groups is 2. The molecule has 4 aliphatic carbocycles. The van der Waals surface area contributed by atoms with Crippen LogP contribution in [0.4, 0.5) is 0 Å². The van der Waals surface area contributed by atoms with Gasteiger partial charge in [0.05, 0.1) is 28.8 Å². The van der Waals surface area contributed by atoms with E-state index in [0.717, 1.165) is 47.8 Å². The monoisotopic (exact) mass is 1030 g/mol. The third-order valence-electron chi connectivity index (χ3n) is 18.1. The minimum absolute atomic E-state index is 0.122. The number of aromatic nitrogens is 2. The van der Waals surface area contributed by atoms with E-state index >= 15 is 0 Å². The minimum Gasteiger partial charge on any atom is -0.505 e. The van der Waals surface area contributed by atoms with Gasteiger partial charge in [-0.25, -0.2) is 14.4 Å². The highest BCUT2D eigenvalue weighted by atomic mass is 35.5. The predicted molar refractivity (Wildman–Crippen MR) is 278 cm³/mol. The molecule has 17 heteroatoms. The van der Waals surface area contributed by atoms with Gasteiger partial charge in [-0.3, -0.25) is 14.3 Å². The molecule has 8 rings (SSSR count). The lowest BCUT2D eigenvalue weighted by Crippen LogP contribution is -2.53. The molecular weight excluding hydrogens is 962 g/mol. The van der Waals surface area contributed by atoms with Crippen molar-refractivity contribution in [2.45, 2.75) is 156 Å². The summed E-state index contributed by atoms with van der Waals surface area (Å²) in [5.41, 5.74) is 9.34. The number of aliphatic hydroxyl groups is 1. The standard InChI is InChI=1S/C45H60Cl2O6.C10H13N5O4/c1-25(2)8-6-9-26(3)35-14-15-36-32-13-12-30-20-27(16-18-44(30,4)37(32)17-19-45(35,36)5)10-7-11-31(28-21-33(42(50)51)40(48)38(46)23-28)29-22-34(43(52)53)41(49)39(47)24-29;1-5-3-15(10(18)12-9(5)17)8-2-6(13-14-11)7(4-16)19-8/h11,21-27,30,32,35-37,48-49H,6-10,12-20H2,1-5H3,(H,50,51)(H,52,53);3,6-8,16H,2,4H2,1H3,(H,12,17,18)/t26-,27+,30+,32+,35-,36+,37+,44+,45-;6-,7+,8+/m10/s1. The lowest BCUT2D eigenvalue weighted by atomic mass is 9.44. The average molecular weight is 1040 g/mol. The van der Waals surface area contributed by atoms with Gasteiger partial charge < -0.3 is 30.3 Å². The molecule has 1 aliphatic heterocycles. The van der Waals surface area contributed by atoms with Crippen molar-refractivity contribution in [3.8, 4) is 11.5 Å². The van der Waals surface area contributed by atoms with Crippen LogP contribution in [0.1, 0.15) is 175 Å². The number of aromatic hydroxyl groups is 2. The van der Waals surface area contributed by atoms with Gasteiger partial charge in [0.1, 0.15) is 28.9 Å². The van der Waals surface area contributed by atoms with Crippen LogP contribution >= 0.6 is 23.2 Å². The lowest BCUT2D eigenvalue weighted by Gasteiger charge is -2.61. The van der Waals surface area contributed by atoms with Crippen molar-refractivity contribution >= 4 is 40.7 Å². The number of allylic oxidation sites excluding steroid dienone is 1. The molecule has 0 amide bonds. The summed E-state index contributed by atoms with van der Waals surface area (Å²) in [6.45, 7) is 13.8. The molecule has 2 aromatic carbocycles. The molecule has 0 bridgehead atoms. The van der Waals surface area contributed by atoms with Gasteiger partial charge in [0.15, 0.2) is 0 Å². The largest absolute Gasteiger partial charge is 0.505 e. The molecule has 0 spiro atoms. The van der Waals surface area contributed by atoms with Gasteiger partial charge in [-0.05, 0) is 182 Å². The lowest BCUT2D eigenvalue weighted by molar-refractivity contribution is -0.121. The van der Waals surface area contributed by atoms with Crippen molar-refractivity contribution in [1.82, 2.24) is 9.55 Å². The number of H-pyrrole nitrogens is 1. The Hall–Kier alpha value is -4.79. The maximum absolute atomic E-state index is 12.0. The number of nitrogens with zero attached hydrogens (tertiary/aromatic N) is 4. The van der Waals surface area contributed by atoms with Gasteiger partial charge in [0.2, 0.25) is 0 Å². The second kappa shape index (κ2) is 22.8. The molecule has 0 radical (unpaired) electrons. The van der Waals surface area contributed by atoms with Crippen molar-refractivity contribution < 1.29 is 39.9 Å². The summed E-state index contributed by atoms with van der Waals surface area (Å²) in [6, 6.07) is 5.11. The van der Waals surface area contributed by atoms with E-state index in [4.69, 9.17) is 38.6 Å². The van der Waals surface area contributed by atoms with E-state index in [9.17, 15) is 39.6 Å². The number of aromatic amines is 1. The molecule has 3 aromatic rings. The van der Waals surface area contributed by atoms with Crippen molar-refractivity contribution in [1.29, 1.82) is 0 Å². The summed E-state index contributed by atoms with van der Waals surface area (Å²) < 4.78 is 6.69. The predicted octanol–water partition coefficient (Wildman–Crippen LogP) is 12.6. The van der Waals surface area contributed by atoms with E-state index < -0.39 is 53.1 Å². The van der Waals surface area contributed by atoms with Crippen LogP contribution in [0.5, 0.6) is 11.5 Å². The Kier molecular flexibility index (Phi) is 17.4. The highest BCUT2D eigenvalue weighted by molar-refractivity contribution is 6.33. The highest BCUT2D eigenvalue weighted by Crippen LogP contribution is 2.69. The maximum atomic E-state index is 12.0. The molecule has 15 nitrogen and oxygen atoms in total. The number of nitrogens with one attached hydrogen (secondary N) is 1. The molecule has 1 saturated heterocycles. The number of aromatic carboxylic acids is 2. The van der Waals surface area contributed by atoms with Gasteiger partial charge in [-0.2, -0.15) is 0 Å². The first-order valence-corrected chi connectivity index (χ1v) is 26.7. The zero-order valence-electron chi connectivity index (χ0n) is 42.5. The molecular formula is C55H73Cl2N5O10. The number of aryl methyl sites for hydroxylation is 1. The summed E-state index contributed by atoms with van der Waals surface area (Å²) in [5.74, 6) is 2.64. The molecule has 392 valence electrons. The number of ether oxygens (including phenoxy) is 1. The summed E-state index contributed by atoms with van der Waals surface area (Å²) in [4.78, 5) is 51.8. The molecule has 12 atom stereocenters. The Bertz CT molecular complexity index is 2630. The van der Waals surface area contributed by atoms with Crippen molar-refractivity contribution in [3.05, 3.63) is 106 Å². The third-order valence-corrected chi connectivity index (χ3v) is 18.7. The second-order valence-electron chi connectivity index (χ2n) is 22.6. The zero-order chi connectivity index (χ0) is 52.4. The number of aliphatic hydroxyl groups excluding tert-OH is 1. The molecule has 72 heavy (non-hydrogen) atoms. The number of phenols is 2. The fourth-order valence-electron chi connectivity index (χ4n) is 14.4. The van der Waals surface area contributed by atoms with E-state index in [0.29, 0.717) is 45.4 Å². The zero-order valence-corrected chi connectivity index (χ0v) is 44.0.